The second-order valence-electron chi connectivity index (χ2n) is 5.15. The average Bonchev–Trinajstić information content (AvgIpc) is 2.97. The van der Waals surface area contributed by atoms with Gasteiger partial charge in [-0.15, -0.1) is 0 Å². The number of para-hydroxylation sites is 1. The predicted octanol–water partition coefficient (Wildman–Crippen LogP) is 3.02. The van der Waals surface area contributed by atoms with Crippen molar-refractivity contribution in [3.63, 3.8) is 0 Å². The van der Waals surface area contributed by atoms with Gasteiger partial charge in [-0.2, -0.15) is 0 Å². The molecule has 0 aliphatic carbocycles. The van der Waals surface area contributed by atoms with Gasteiger partial charge in [0, 0.05) is 0 Å². The van der Waals surface area contributed by atoms with Crippen LogP contribution in [-0.2, 0) is 6.42 Å². The van der Waals surface area contributed by atoms with E-state index in [-0.39, 0.29) is 18.7 Å². The molecule has 1 unspecified atom stereocenters. The Morgan fingerprint density at radius 3 is 2.61 bits per heavy atom. The Morgan fingerprint density at radius 2 is 1.87 bits per heavy atom. The van der Waals surface area contributed by atoms with Crippen molar-refractivity contribution in [2.75, 3.05) is 11.9 Å². The molecule has 23 heavy (non-hydrogen) atoms. The molecular weight excluding hydrogens is 310 g/mol. The minimum absolute atomic E-state index is 0.123. The first-order valence-corrected chi connectivity index (χ1v) is 8.14. The lowest BCUT2D eigenvalue weighted by molar-refractivity contribution is 0.224. The minimum atomic E-state index is -0.362. The zero-order chi connectivity index (χ0) is 16.1. The lowest BCUT2D eigenvalue weighted by Crippen LogP contribution is -2.41. The number of aliphatic hydroxyl groups excluding tert-OH is 1. The van der Waals surface area contributed by atoms with Crippen LogP contribution in [0.2, 0.25) is 0 Å². The number of anilines is 1. The lowest BCUT2D eigenvalue weighted by atomic mass is 10.1. The summed E-state index contributed by atoms with van der Waals surface area (Å²) in [6, 6.07) is 16.8. The van der Waals surface area contributed by atoms with E-state index in [1.807, 2.05) is 54.6 Å². The topological polar surface area (TPSA) is 74.2 Å². The molecule has 0 fully saturated rings. The molecule has 0 saturated heterocycles. The van der Waals surface area contributed by atoms with Crippen molar-refractivity contribution in [3.8, 4) is 0 Å². The third kappa shape index (κ3) is 4.06. The van der Waals surface area contributed by atoms with Crippen LogP contribution in [0, 0.1) is 0 Å². The van der Waals surface area contributed by atoms with Crippen LogP contribution in [0.5, 0.6) is 0 Å². The molecule has 1 aromatic heterocycles. The van der Waals surface area contributed by atoms with E-state index >= 15 is 0 Å². The van der Waals surface area contributed by atoms with Crippen LogP contribution in [0.3, 0.4) is 0 Å². The maximum atomic E-state index is 12.1. The highest BCUT2D eigenvalue weighted by molar-refractivity contribution is 7.22. The Kier molecular flexibility index (Phi) is 4.85. The molecule has 0 spiro atoms. The molecule has 3 N–H and O–H groups in total. The van der Waals surface area contributed by atoms with Gasteiger partial charge in [-0.25, -0.2) is 9.78 Å². The van der Waals surface area contributed by atoms with Crippen molar-refractivity contribution in [1.82, 2.24) is 10.3 Å². The molecule has 6 heteroatoms. The number of urea groups is 1. The SMILES string of the molecule is O=C(Nc1nc2ccccc2s1)NC(CO)Cc1ccccc1. The molecule has 2 amide bonds. The van der Waals surface area contributed by atoms with Gasteiger partial charge >= 0.3 is 6.03 Å². The summed E-state index contributed by atoms with van der Waals surface area (Å²) in [5, 5.41) is 15.5. The van der Waals surface area contributed by atoms with Crippen LogP contribution < -0.4 is 10.6 Å². The molecule has 5 nitrogen and oxygen atoms in total. The number of hydrogen-bond acceptors (Lipinski definition) is 4. The van der Waals surface area contributed by atoms with E-state index in [1.54, 1.807) is 0 Å². The Hall–Kier alpha value is -2.44. The van der Waals surface area contributed by atoms with E-state index in [2.05, 4.69) is 15.6 Å². The zero-order valence-corrected chi connectivity index (χ0v) is 13.2. The molecule has 0 saturated carbocycles. The highest BCUT2D eigenvalue weighted by atomic mass is 32.1. The molecule has 3 aromatic rings. The van der Waals surface area contributed by atoms with Gasteiger partial charge in [-0.1, -0.05) is 53.8 Å². The summed E-state index contributed by atoms with van der Waals surface area (Å²) in [6.45, 7) is -0.123. The quantitative estimate of drug-likeness (QED) is 0.674. The van der Waals surface area contributed by atoms with Gasteiger partial charge in [0.05, 0.1) is 22.9 Å². The van der Waals surface area contributed by atoms with Gasteiger partial charge in [-0.05, 0) is 24.1 Å². The predicted molar refractivity (Wildman–Crippen MR) is 92.8 cm³/mol. The Balaban J connectivity index is 1.61. The fourth-order valence-corrected chi connectivity index (χ4v) is 3.17. The first-order valence-electron chi connectivity index (χ1n) is 7.32. The standard InChI is InChI=1S/C17H17N3O2S/c21-11-13(10-12-6-2-1-3-7-12)18-16(22)20-17-19-14-8-4-5-9-15(14)23-17/h1-9,13,21H,10-11H2,(H2,18,19,20,22). The molecule has 0 aliphatic rings. The van der Waals surface area contributed by atoms with E-state index in [0.29, 0.717) is 11.6 Å². The third-order valence-electron chi connectivity index (χ3n) is 3.39. The summed E-state index contributed by atoms with van der Waals surface area (Å²) >= 11 is 1.42. The summed E-state index contributed by atoms with van der Waals surface area (Å²) in [5.74, 6) is 0. The van der Waals surface area contributed by atoms with Gasteiger partial charge < -0.3 is 10.4 Å². The number of aromatic nitrogens is 1. The smallest absolute Gasteiger partial charge is 0.321 e. The van der Waals surface area contributed by atoms with Gasteiger partial charge in [-0.3, -0.25) is 5.32 Å². The number of benzene rings is 2. The highest BCUT2D eigenvalue weighted by Gasteiger charge is 2.13. The Labute approximate surface area is 138 Å². The van der Waals surface area contributed by atoms with Crippen molar-refractivity contribution in [2.45, 2.75) is 12.5 Å². The van der Waals surface area contributed by atoms with E-state index in [4.69, 9.17) is 0 Å². The lowest BCUT2D eigenvalue weighted by Gasteiger charge is -2.16. The van der Waals surface area contributed by atoms with Gasteiger partial charge in [0.2, 0.25) is 0 Å². The number of nitrogens with zero attached hydrogens (tertiary/aromatic N) is 1. The normalized spacial score (nSPS) is 12.0. The number of hydrogen-bond donors (Lipinski definition) is 3. The van der Waals surface area contributed by atoms with Crippen molar-refractivity contribution >= 4 is 32.7 Å². The number of amides is 2. The second kappa shape index (κ2) is 7.21. The van der Waals surface area contributed by atoms with Crippen LogP contribution >= 0.6 is 11.3 Å². The largest absolute Gasteiger partial charge is 0.394 e. The summed E-state index contributed by atoms with van der Waals surface area (Å²) < 4.78 is 1.02. The maximum Gasteiger partial charge on any atom is 0.321 e. The number of carbonyl (C=O) groups is 1. The molecule has 0 aliphatic heterocycles. The number of rotatable bonds is 5. The van der Waals surface area contributed by atoms with Crippen molar-refractivity contribution in [2.24, 2.45) is 0 Å². The van der Waals surface area contributed by atoms with Gasteiger partial charge in [0.15, 0.2) is 5.13 Å². The summed E-state index contributed by atoms with van der Waals surface area (Å²) in [4.78, 5) is 16.4. The van der Waals surface area contributed by atoms with Crippen LogP contribution in [0.1, 0.15) is 5.56 Å². The number of fused-ring (bicyclic) bond motifs is 1. The van der Waals surface area contributed by atoms with Crippen LogP contribution in [0.15, 0.2) is 54.6 Å². The monoisotopic (exact) mass is 327 g/mol. The average molecular weight is 327 g/mol. The molecule has 1 atom stereocenters. The Bertz CT molecular complexity index is 756. The molecule has 0 radical (unpaired) electrons. The molecule has 118 valence electrons. The molecule has 0 bridgehead atoms. The number of thiazole rings is 1. The van der Waals surface area contributed by atoms with E-state index in [1.165, 1.54) is 11.3 Å². The number of aliphatic hydroxyl groups is 1. The molecule has 2 aromatic carbocycles. The van der Waals surface area contributed by atoms with Crippen molar-refractivity contribution in [3.05, 3.63) is 60.2 Å². The summed E-state index contributed by atoms with van der Waals surface area (Å²) in [6.07, 6.45) is 0.574. The first kappa shape index (κ1) is 15.5. The molecular formula is C17H17N3O2S. The first-order chi connectivity index (χ1) is 11.2. The van der Waals surface area contributed by atoms with Gasteiger partial charge in [0.1, 0.15) is 0 Å². The maximum absolute atomic E-state index is 12.1. The van der Waals surface area contributed by atoms with Crippen molar-refractivity contribution in [1.29, 1.82) is 0 Å². The fourth-order valence-electron chi connectivity index (χ4n) is 2.30. The third-order valence-corrected chi connectivity index (χ3v) is 4.35. The highest BCUT2D eigenvalue weighted by Crippen LogP contribution is 2.25. The van der Waals surface area contributed by atoms with E-state index in [9.17, 15) is 9.90 Å². The van der Waals surface area contributed by atoms with E-state index < -0.39 is 0 Å². The number of carbonyl (C=O) groups excluding carboxylic acids is 1. The molecule has 1 heterocycles. The fraction of sp³-hybridized carbons (Fsp3) is 0.176. The molecule has 3 rings (SSSR count). The number of nitrogens with one attached hydrogen (secondary N) is 2. The van der Waals surface area contributed by atoms with E-state index in [0.717, 1.165) is 15.8 Å². The van der Waals surface area contributed by atoms with Gasteiger partial charge in [0.25, 0.3) is 0 Å². The summed E-state index contributed by atoms with van der Waals surface area (Å²) in [7, 11) is 0. The summed E-state index contributed by atoms with van der Waals surface area (Å²) in [5.41, 5.74) is 1.92. The Morgan fingerprint density at radius 1 is 1.13 bits per heavy atom. The van der Waals surface area contributed by atoms with Crippen molar-refractivity contribution < 1.29 is 9.90 Å². The second-order valence-corrected chi connectivity index (χ2v) is 6.19. The zero-order valence-electron chi connectivity index (χ0n) is 12.4. The van der Waals surface area contributed by atoms with Crippen LogP contribution in [0.25, 0.3) is 10.2 Å². The van der Waals surface area contributed by atoms with Crippen LogP contribution in [-0.4, -0.2) is 28.8 Å². The minimum Gasteiger partial charge on any atom is -0.394 e. The van der Waals surface area contributed by atoms with Crippen LogP contribution in [0.4, 0.5) is 9.93 Å².